The summed E-state index contributed by atoms with van der Waals surface area (Å²) in [4.78, 5) is 15.5. The fourth-order valence-corrected chi connectivity index (χ4v) is 4.66. The number of benzene rings is 1. The van der Waals surface area contributed by atoms with Crippen molar-refractivity contribution in [2.24, 2.45) is 0 Å². The minimum atomic E-state index is -4.55. The van der Waals surface area contributed by atoms with Crippen molar-refractivity contribution in [1.82, 2.24) is 9.71 Å². The number of sulfonamides is 1. The number of halogens is 4. The number of aromatic nitrogens is 1. The molecule has 0 atom stereocenters. The van der Waals surface area contributed by atoms with E-state index >= 15 is 0 Å². The largest absolute Gasteiger partial charge is 0.465 e. The minimum Gasteiger partial charge on any atom is -0.465 e. The Morgan fingerprint density at radius 1 is 1.30 bits per heavy atom. The van der Waals surface area contributed by atoms with Gasteiger partial charge in [0, 0.05) is 18.5 Å². The molecule has 12 heteroatoms. The molecule has 0 bridgehead atoms. The van der Waals surface area contributed by atoms with E-state index in [-0.39, 0.29) is 32.8 Å². The zero-order chi connectivity index (χ0) is 22.5. The maximum atomic E-state index is 12.6. The molecule has 0 aliphatic carbocycles. The quantitative estimate of drug-likeness (QED) is 0.345. The van der Waals surface area contributed by atoms with Gasteiger partial charge in [0.25, 0.3) is 0 Å². The van der Waals surface area contributed by atoms with Gasteiger partial charge in [0.1, 0.15) is 5.03 Å². The van der Waals surface area contributed by atoms with Gasteiger partial charge in [0.2, 0.25) is 10.0 Å². The van der Waals surface area contributed by atoms with Crippen molar-refractivity contribution >= 4 is 39.4 Å². The molecule has 2 rings (SSSR count). The predicted octanol–water partition coefficient (Wildman–Crippen LogP) is 4.17. The summed E-state index contributed by atoms with van der Waals surface area (Å²) in [6.07, 6.45) is -3.36. The highest BCUT2D eigenvalue weighted by Crippen LogP contribution is 2.33. The maximum absolute atomic E-state index is 12.6. The number of rotatable bonds is 8. The number of methoxy groups -OCH3 is 1. The normalized spacial score (nSPS) is 12.1. The minimum absolute atomic E-state index is 0.0326. The molecule has 0 spiro atoms. The Balaban J connectivity index is 2.03. The van der Waals surface area contributed by atoms with Crippen LogP contribution in [0.25, 0.3) is 0 Å². The number of ether oxygens (including phenoxy) is 1. The third kappa shape index (κ3) is 6.10. The van der Waals surface area contributed by atoms with E-state index in [2.05, 4.69) is 14.4 Å². The van der Waals surface area contributed by atoms with Crippen molar-refractivity contribution in [3.8, 4) is 0 Å². The Hall–Kier alpha value is -1.82. The molecule has 0 unspecified atom stereocenters. The van der Waals surface area contributed by atoms with Crippen LogP contribution in [0, 0.1) is 0 Å². The average Bonchev–Trinajstić information content (AvgIpc) is 2.70. The van der Waals surface area contributed by atoms with Crippen LogP contribution in [0.1, 0.15) is 28.4 Å². The Bertz CT molecular complexity index is 1030. The van der Waals surface area contributed by atoms with Crippen LogP contribution in [0.15, 0.2) is 40.4 Å². The Morgan fingerprint density at radius 3 is 2.57 bits per heavy atom. The second-order valence-corrected chi connectivity index (χ2v) is 9.18. The topological polar surface area (TPSA) is 85.4 Å². The van der Waals surface area contributed by atoms with Crippen molar-refractivity contribution in [1.29, 1.82) is 0 Å². The molecular formula is C18H18ClF3N2O4S2. The first-order valence-electron chi connectivity index (χ1n) is 8.56. The van der Waals surface area contributed by atoms with E-state index in [0.717, 1.165) is 17.8 Å². The van der Waals surface area contributed by atoms with E-state index in [4.69, 9.17) is 11.6 Å². The zero-order valence-electron chi connectivity index (χ0n) is 15.9. The van der Waals surface area contributed by atoms with Gasteiger partial charge < -0.3 is 4.74 Å². The molecule has 1 aromatic carbocycles. The monoisotopic (exact) mass is 482 g/mol. The summed E-state index contributed by atoms with van der Waals surface area (Å²) in [6.45, 7) is 1.79. The summed E-state index contributed by atoms with van der Waals surface area (Å²) in [5.41, 5.74) is -0.146. The summed E-state index contributed by atoms with van der Waals surface area (Å²) >= 11 is 6.83. The van der Waals surface area contributed by atoms with E-state index in [1.165, 1.54) is 19.2 Å². The highest BCUT2D eigenvalue weighted by Gasteiger charge is 2.31. The lowest BCUT2D eigenvalue weighted by atomic mass is 10.1. The molecule has 1 heterocycles. The van der Waals surface area contributed by atoms with Gasteiger partial charge in [-0.15, -0.1) is 11.8 Å². The molecule has 30 heavy (non-hydrogen) atoms. The second-order valence-electron chi connectivity index (χ2n) is 5.92. The van der Waals surface area contributed by atoms with Gasteiger partial charge >= 0.3 is 12.1 Å². The van der Waals surface area contributed by atoms with Crippen LogP contribution in [-0.2, 0) is 27.4 Å². The van der Waals surface area contributed by atoms with Gasteiger partial charge in [0.15, 0.2) is 0 Å². The van der Waals surface area contributed by atoms with Gasteiger partial charge in [-0.25, -0.2) is 22.9 Å². The van der Waals surface area contributed by atoms with E-state index in [9.17, 15) is 26.4 Å². The summed E-state index contributed by atoms with van der Waals surface area (Å²) in [6, 6.07) is 4.94. The molecule has 6 nitrogen and oxygen atoms in total. The lowest BCUT2D eigenvalue weighted by molar-refractivity contribution is -0.137. The number of aryl methyl sites for hydroxylation is 1. The number of nitrogens with zero attached hydrogens (tertiary/aromatic N) is 1. The summed E-state index contributed by atoms with van der Waals surface area (Å²) in [5.74, 6) is -0.462. The molecule has 1 N–H and O–H groups in total. The SMILES string of the molecule is CCc1ccc(S(=O)(=O)NCCSc2ncc(C(F)(F)F)cc2Cl)cc1C(=O)OC. The first kappa shape index (κ1) is 24.4. The van der Waals surface area contributed by atoms with Crippen LogP contribution < -0.4 is 4.72 Å². The summed E-state index contributed by atoms with van der Waals surface area (Å²) in [5, 5.41) is -0.0142. The van der Waals surface area contributed by atoms with Crippen LogP contribution >= 0.6 is 23.4 Å². The molecule has 1 aromatic heterocycles. The number of thioether (sulfide) groups is 1. The number of hydrogen-bond acceptors (Lipinski definition) is 6. The first-order valence-corrected chi connectivity index (χ1v) is 11.4. The predicted molar refractivity (Wildman–Crippen MR) is 107 cm³/mol. The van der Waals surface area contributed by atoms with Crippen LogP contribution in [-0.4, -0.2) is 38.8 Å². The molecule has 2 aromatic rings. The van der Waals surface area contributed by atoms with E-state index in [1.54, 1.807) is 6.07 Å². The van der Waals surface area contributed by atoms with E-state index in [0.29, 0.717) is 18.2 Å². The number of carbonyl (C=O) groups is 1. The highest BCUT2D eigenvalue weighted by atomic mass is 35.5. The highest BCUT2D eigenvalue weighted by molar-refractivity contribution is 7.99. The molecule has 0 aliphatic rings. The Morgan fingerprint density at radius 2 is 2.00 bits per heavy atom. The first-order chi connectivity index (χ1) is 14.0. The number of carbonyl (C=O) groups excluding carboxylic acids is 1. The van der Waals surface area contributed by atoms with Gasteiger partial charge in [-0.1, -0.05) is 24.6 Å². The van der Waals surface area contributed by atoms with E-state index in [1.807, 2.05) is 6.92 Å². The third-order valence-corrected chi connectivity index (χ3v) is 6.81. The van der Waals surface area contributed by atoms with Crippen molar-refractivity contribution in [2.45, 2.75) is 29.4 Å². The third-order valence-electron chi connectivity index (χ3n) is 3.95. The standard InChI is InChI=1S/C18H18ClF3N2O4S2/c1-3-11-4-5-13(9-14(11)17(25)28-2)30(26,27)24-6-7-29-16-15(19)8-12(10-23-16)18(20,21)22/h4-5,8-10,24H,3,6-7H2,1-2H3. The number of esters is 1. The molecule has 0 fully saturated rings. The van der Waals surface area contributed by atoms with Crippen LogP contribution in [0.2, 0.25) is 5.02 Å². The lowest BCUT2D eigenvalue weighted by Crippen LogP contribution is -2.26. The Labute approximate surface area is 181 Å². The summed E-state index contributed by atoms with van der Waals surface area (Å²) < 4.78 is 69.9. The van der Waals surface area contributed by atoms with Gasteiger partial charge in [-0.05, 0) is 30.2 Å². The van der Waals surface area contributed by atoms with Gasteiger partial charge in [-0.3, -0.25) is 0 Å². The molecule has 164 valence electrons. The molecule has 0 saturated heterocycles. The fourth-order valence-electron chi connectivity index (χ4n) is 2.42. The zero-order valence-corrected chi connectivity index (χ0v) is 18.3. The average molecular weight is 483 g/mol. The number of alkyl halides is 3. The van der Waals surface area contributed by atoms with Crippen molar-refractivity contribution < 1.29 is 31.1 Å². The number of hydrogen-bond donors (Lipinski definition) is 1. The fraction of sp³-hybridized carbons (Fsp3) is 0.333. The number of pyridine rings is 1. The smallest absolute Gasteiger partial charge is 0.417 e. The van der Waals surface area contributed by atoms with Crippen molar-refractivity contribution in [3.63, 3.8) is 0 Å². The number of nitrogens with one attached hydrogen (secondary N) is 1. The van der Waals surface area contributed by atoms with Gasteiger partial charge in [0.05, 0.1) is 28.2 Å². The van der Waals surface area contributed by atoms with Crippen LogP contribution in [0.4, 0.5) is 13.2 Å². The molecule has 0 aliphatic heterocycles. The maximum Gasteiger partial charge on any atom is 0.417 e. The lowest BCUT2D eigenvalue weighted by Gasteiger charge is -2.11. The second kappa shape index (κ2) is 9.99. The van der Waals surface area contributed by atoms with Crippen LogP contribution in [0.5, 0.6) is 0 Å². The van der Waals surface area contributed by atoms with Crippen molar-refractivity contribution in [3.05, 3.63) is 52.2 Å². The van der Waals surface area contributed by atoms with Crippen molar-refractivity contribution in [2.75, 3.05) is 19.4 Å². The van der Waals surface area contributed by atoms with Crippen LogP contribution in [0.3, 0.4) is 0 Å². The van der Waals surface area contributed by atoms with Gasteiger partial charge in [-0.2, -0.15) is 13.2 Å². The molecule has 0 amide bonds. The van der Waals surface area contributed by atoms with E-state index < -0.39 is 27.7 Å². The Kier molecular flexibility index (Phi) is 8.14. The summed E-state index contributed by atoms with van der Waals surface area (Å²) in [7, 11) is -2.71. The molecular weight excluding hydrogens is 465 g/mol. The molecule has 0 radical (unpaired) electrons. The molecule has 0 saturated carbocycles.